The second-order valence-corrected chi connectivity index (χ2v) is 5.14. The number of ether oxygens (including phenoxy) is 1. The molecule has 2 nitrogen and oxygen atoms in total. The average Bonchev–Trinajstić information content (AvgIpc) is 2.32. The number of hydrogen-bond donors (Lipinski definition) is 1. The summed E-state index contributed by atoms with van der Waals surface area (Å²) < 4.78 is 5.15. The Hall–Kier alpha value is -0.0800. The van der Waals surface area contributed by atoms with E-state index in [1.165, 1.54) is 58.0 Å². The van der Waals surface area contributed by atoms with Crippen LogP contribution in [0.2, 0.25) is 0 Å². The van der Waals surface area contributed by atoms with Crippen molar-refractivity contribution in [2.45, 2.75) is 51.9 Å². The van der Waals surface area contributed by atoms with Gasteiger partial charge in [0.2, 0.25) is 0 Å². The maximum absolute atomic E-state index is 5.15. The zero-order valence-corrected chi connectivity index (χ0v) is 11.1. The molecule has 2 atom stereocenters. The Labute approximate surface area is 101 Å². The Kier molecular flexibility index (Phi) is 7.87. The molecule has 0 radical (unpaired) electrons. The first-order valence-corrected chi connectivity index (χ1v) is 7.08. The largest absolute Gasteiger partial charge is 0.385 e. The minimum Gasteiger partial charge on any atom is -0.385 e. The van der Waals surface area contributed by atoms with Gasteiger partial charge in [-0.3, -0.25) is 0 Å². The fraction of sp³-hybridized carbons (Fsp3) is 1.00. The molecule has 1 aliphatic carbocycles. The summed E-state index contributed by atoms with van der Waals surface area (Å²) in [5, 5.41) is 3.59. The monoisotopic (exact) mass is 227 g/mol. The third-order valence-corrected chi connectivity index (χ3v) is 3.82. The Morgan fingerprint density at radius 1 is 1.19 bits per heavy atom. The first kappa shape index (κ1) is 14.0. The Morgan fingerprint density at radius 3 is 2.62 bits per heavy atom. The van der Waals surface area contributed by atoms with Crippen LogP contribution < -0.4 is 5.32 Å². The van der Waals surface area contributed by atoms with E-state index in [1.54, 1.807) is 7.11 Å². The van der Waals surface area contributed by atoms with E-state index < -0.39 is 0 Å². The highest BCUT2D eigenvalue weighted by Gasteiger charge is 2.23. The molecule has 0 spiro atoms. The van der Waals surface area contributed by atoms with Crippen LogP contribution in [0, 0.1) is 11.8 Å². The van der Waals surface area contributed by atoms with Crippen molar-refractivity contribution in [1.29, 1.82) is 0 Å². The van der Waals surface area contributed by atoms with E-state index in [4.69, 9.17) is 4.74 Å². The summed E-state index contributed by atoms with van der Waals surface area (Å²) in [7, 11) is 1.81. The van der Waals surface area contributed by atoms with Crippen molar-refractivity contribution in [1.82, 2.24) is 5.32 Å². The molecule has 0 aromatic heterocycles. The predicted molar refractivity (Wildman–Crippen MR) is 69.7 cm³/mol. The summed E-state index contributed by atoms with van der Waals surface area (Å²) in [6.07, 6.45) is 9.64. The summed E-state index contributed by atoms with van der Waals surface area (Å²) in [5.41, 5.74) is 0. The van der Waals surface area contributed by atoms with Gasteiger partial charge in [-0.2, -0.15) is 0 Å². The molecule has 96 valence electrons. The van der Waals surface area contributed by atoms with Crippen LogP contribution in [0.5, 0.6) is 0 Å². The van der Waals surface area contributed by atoms with Crippen molar-refractivity contribution in [2.24, 2.45) is 11.8 Å². The highest BCUT2D eigenvalue weighted by atomic mass is 16.5. The van der Waals surface area contributed by atoms with E-state index in [1.807, 2.05) is 0 Å². The molecule has 0 aromatic carbocycles. The van der Waals surface area contributed by atoms with E-state index in [9.17, 15) is 0 Å². The van der Waals surface area contributed by atoms with Gasteiger partial charge in [0.15, 0.2) is 0 Å². The fourth-order valence-corrected chi connectivity index (χ4v) is 2.89. The topological polar surface area (TPSA) is 21.3 Å². The lowest BCUT2D eigenvalue weighted by Crippen LogP contribution is -2.31. The Balaban J connectivity index is 2.20. The van der Waals surface area contributed by atoms with Gasteiger partial charge in [-0.25, -0.2) is 0 Å². The smallest absolute Gasteiger partial charge is 0.0462 e. The van der Waals surface area contributed by atoms with Crippen molar-refractivity contribution < 1.29 is 4.74 Å². The lowest BCUT2D eigenvalue weighted by Gasteiger charge is -2.32. The van der Waals surface area contributed by atoms with Gasteiger partial charge in [0.05, 0.1) is 0 Å². The van der Waals surface area contributed by atoms with Crippen LogP contribution in [0.25, 0.3) is 0 Å². The highest BCUT2D eigenvalue weighted by Crippen LogP contribution is 2.32. The van der Waals surface area contributed by atoms with Gasteiger partial charge >= 0.3 is 0 Å². The van der Waals surface area contributed by atoms with E-state index in [2.05, 4.69) is 12.2 Å². The van der Waals surface area contributed by atoms with Crippen molar-refractivity contribution >= 4 is 0 Å². The predicted octanol–water partition coefficient (Wildman–Crippen LogP) is 3.22. The van der Waals surface area contributed by atoms with Gasteiger partial charge in [0.25, 0.3) is 0 Å². The molecular weight excluding hydrogens is 198 g/mol. The molecular formula is C14H29NO. The van der Waals surface area contributed by atoms with E-state index in [-0.39, 0.29) is 0 Å². The molecule has 0 aromatic rings. The average molecular weight is 227 g/mol. The van der Waals surface area contributed by atoms with Gasteiger partial charge in [-0.1, -0.05) is 26.2 Å². The molecule has 0 amide bonds. The summed E-state index contributed by atoms with van der Waals surface area (Å²) >= 11 is 0. The molecule has 16 heavy (non-hydrogen) atoms. The molecule has 1 aliphatic rings. The summed E-state index contributed by atoms with van der Waals surface area (Å²) in [6, 6.07) is 0. The van der Waals surface area contributed by atoms with Crippen molar-refractivity contribution in [3.05, 3.63) is 0 Å². The second-order valence-electron chi connectivity index (χ2n) is 5.14. The lowest BCUT2D eigenvalue weighted by atomic mass is 9.77. The van der Waals surface area contributed by atoms with Crippen LogP contribution in [0.15, 0.2) is 0 Å². The molecule has 0 aliphatic heterocycles. The molecule has 1 N–H and O–H groups in total. The molecule has 2 unspecified atom stereocenters. The van der Waals surface area contributed by atoms with Crippen LogP contribution in [0.3, 0.4) is 0 Å². The molecule has 1 saturated carbocycles. The zero-order valence-electron chi connectivity index (χ0n) is 11.1. The van der Waals surface area contributed by atoms with Crippen LogP contribution in [0.4, 0.5) is 0 Å². The molecule has 1 rings (SSSR count). The third kappa shape index (κ3) is 5.31. The van der Waals surface area contributed by atoms with Gasteiger partial charge < -0.3 is 10.1 Å². The van der Waals surface area contributed by atoms with E-state index in [0.717, 1.165) is 18.4 Å². The second kappa shape index (κ2) is 9.00. The van der Waals surface area contributed by atoms with Crippen LogP contribution in [-0.2, 0) is 4.74 Å². The zero-order chi connectivity index (χ0) is 11.6. The molecule has 0 heterocycles. The van der Waals surface area contributed by atoms with Crippen LogP contribution >= 0.6 is 0 Å². The van der Waals surface area contributed by atoms with Crippen molar-refractivity contribution in [3.63, 3.8) is 0 Å². The minimum absolute atomic E-state index is 0.928. The van der Waals surface area contributed by atoms with Gasteiger partial charge in [-0.05, 0) is 50.6 Å². The minimum atomic E-state index is 0.928. The fourth-order valence-electron chi connectivity index (χ4n) is 2.89. The third-order valence-electron chi connectivity index (χ3n) is 3.82. The number of hydrogen-bond acceptors (Lipinski definition) is 2. The lowest BCUT2D eigenvalue weighted by molar-refractivity contribution is 0.162. The summed E-state index contributed by atoms with van der Waals surface area (Å²) in [4.78, 5) is 0. The molecule has 1 fully saturated rings. The van der Waals surface area contributed by atoms with Gasteiger partial charge in [-0.15, -0.1) is 0 Å². The molecule has 0 saturated heterocycles. The van der Waals surface area contributed by atoms with Crippen molar-refractivity contribution in [2.75, 3.05) is 26.8 Å². The van der Waals surface area contributed by atoms with Gasteiger partial charge in [0, 0.05) is 13.7 Å². The molecule has 0 bridgehead atoms. The Bertz CT molecular complexity index is 143. The number of rotatable bonds is 8. The number of nitrogens with one attached hydrogen (secondary N) is 1. The van der Waals surface area contributed by atoms with E-state index >= 15 is 0 Å². The SMILES string of the molecule is CCCNCC1CCCCC1CCCOC. The summed E-state index contributed by atoms with van der Waals surface area (Å²) in [5.74, 6) is 1.88. The molecule has 2 heteroatoms. The van der Waals surface area contributed by atoms with E-state index in [0.29, 0.717) is 0 Å². The maximum atomic E-state index is 5.15. The van der Waals surface area contributed by atoms with Crippen LogP contribution in [-0.4, -0.2) is 26.8 Å². The first-order chi connectivity index (χ1) is 7.88. The van der Waals surface area contributed by atoms with Crippen LogP contribution in [0.1, 0.15) is 51.9 Å². The summed E-state index contributed by atoms with van der Waals surface area (Å²) in [6.45, 7) is 5.60. The van der Waals surface area contributed by atoms with Crippen molar-refractivity contribution in [3.8, 4) is 0 Å². The quantitative estimate of drug-likeness (QED) is 0.643. The first-order valence-electron chi connectivity index (χ1n) is 7.08. The number of methoxy groups -OCH3 is 1. The van der Waals surface area contributed by atoms with Gasteiger partial charge in [0.1, 0.15) is 0 Å². The standard InChI is InChI=1S/C14H29NO/c1-3-10-15-12-14-8-5-4-7-13(14)9-6-11-16-2/h13-15H,3-12H2,1-2H3. The normalized spacial score (nSPS) is 25.9. The highest BCUT2D eigenvalue weighted by molar-refractivity contribution is 4.77. The maximum Gasteiger partial charge on any atom is 0.0462 e. The Morgan fingerprint density at radius 2 is 1.94 bits per heavy atom.